The predicted molar refractivity (Wildman–Crippen MR) is 149 cm³/mol. The summed E-state index contributed by atoms with van der Waals surface area (Å²) in [5.74, 6) is 0. The average molecular weight is 447 g/mol. The lowest BCUT2D eigenvalue weighted by Crippen LogP contribution is -1.95. The molecule has 0 N–H and O–H groups in total. The van der Waals surface area contributed by atoms with E-state index in [0.717, 1.165) is 35.0 Å². The van der Waals surface area contributed by atoms with Gasteiger partial charge in [-0.25, -0.2) is 0 Å². The molecule has 0 spiro atoms. The number of fused-ring (bicyclic) bond motifs is 5. The standard InChI is InChI=1S/C34H22O/c35-21-28-12-6-13-29(22-7-1-2-8-22)34(28)30-14-5-11-25-18-27-16-15-26-17-23-9-3-4-10-24(23)19-31(26)33(27)20-32(25)30/h1-7,9-21H,8H2. The molecule has 0 radical (unpaired) electrons. The summed E-state index contributed by atoms with van der Waals surface area (Å²) in [4.78, 5) is 12.2. The van der Waals surface area contributed by atoms with Gasteiger partial charge in [-0.1, -0.05) is 91.0 Å². The molecule has 0 unspecified atom stereocenters. The molecule has 0 saturated carbocycles. The molecule has 1 aliphatic rings. The van der Waals surface area contributed by atoms with E-state index in [9.17, 15) is 4.79 Å². The van der Waals surface area contributed by atoms with Crippen LogP contribution in [0.2, 0.25) is 0 Å². The largest absolute Gasteiger partial charge is 0.298 e. The van der Waals surface area contributed by atoms with Gasteiger partial charge < -0.3 is 0 Å². The van der Waals surface area contributed by atoms with Gasteiger partial charge in [0.2, 0.25) is 0 Å². The summed E-state index contributed by atoms with van der Waals surface area (Å²) in [6.45, 7) is 0. The van der Waals surface area contributed by atoms with Gasteiger partial charge in [-0.05, 0) is 90.5 Å². The van der Waals surface area contributed by atoms with E-state index >= 15 is 0 Å². The van der Waals surface area contributed by atoms with Crippen molar-refractivity contribution in [3.63, 3.8) is 0 Å². The van der Waals surface area contributed by atoms with E-state index in [1.165, 1.54) is 48.7 Å². The first-order chi connectivity index (χ1) is 17.3. The Hall–Kier alpha value is -4.49. The molecule has 35 heavy (non-hydrogen) atoms. The SMILES string of the molecule is O=Cc1cccc(C2=CC=CC2)c1-c1cccc2cc3ccc4cc5ccccc5cc4c3cc12. The van der Waals surface area contributed by atoms with Crippen LogP contribution in [0, 0.1) is 0 Å². The predicted octanol–water partition coefficient (Wildman–Crippen LogP) is 9.12. The number of rotatable bonds is 3. The molecule has 0 amide bonds. The number of carbonyl (C=O) groups excluding carboxylic acids is 1. The van der Waals surface area contributed by atoms with Crippen molar-refractivity contribution in [1.82, 2.24) is 0 Å². The minimum atomic E-state index is 0.729. The number of hydrogen-bond donors (Lipinski definition) is 0. The molecule has 1 nitrogen and oxygen atoms in total. The third-order valence-corrected chi connectivity index (χ3v) is 7.31. The van der Waals surface area contributed by atoms with Gasteiger partial charge in [0.15, 0.2) is 6.29 Å². The van der Waals surface area contributed by atoms with Gasteiger partial charge >= 0.3 is 0 Å². The monoisotopic (exact) mass is 446 g/mol. The van der Waals surface area contributed by atoms with E-state index in [-0.39, 0.29) is 0 Å². The van der Waals surface area contributed by atoms with Crippen molar-refractivity contribution in [3.05, 3.63) is 126 Å². The maximum Gasteiger partial charge on any atom is 0.150 e. The van der Waals surface area contributed by atoms with Gasteiger partial charge in [0.05, 0.1) is 0 Å². The zero-order valence-electron chi connectivity index (χ0n) is 19.2. The van der Waals surface area contributed by atoms with E-state index in [1.807, 2.05) is 12.1 Å². The molecule has 0 aliphatic heterocycles. The normalized spacial score (nSPS) is 13.2. The lowest BCUT2D eigenvalue weighted by molar-refractivity contribution is 0.112. The Morgan fingerprint density at radius 2 is 1.23 bits per heavy atom. The Bertz CT molecular complexity index is 1880. The van der Waals surface area contributed by atoms with Gasteiger partial charge in [-0.3, -0.25) is 4.79 Å². The smallest absolute Gasteiger partial charge is 0.150 e. The van der Waals surface area contributed by atoms with Gasteiger partial charge in [0.25, 0.3) is 0 Å². The number of carbonyl (C=O) groups is 1. The number of benzene rings is 6. The Balaban J connectivity index is 1.58. The van der Waals surface area contributed by atoms with E-state index in [1.54, 1.807) is 0 Å². The van der Waals surface area contributed by atoms with Crippen molar-refractivity contribution >= 4 is 54.9 Å². The first kappa shape index (κ1) is 19.9. The van der Waals surface area contributed by atoms with E-state index in [0.29, 0.717) is 0 Å². The second-order valence-corrected chi connectivity index (χ2v) is 9.30. The highest BCUT2D eigenvalue weighted by Crippen LogP contribution is 2.40. The Morgan fingerprint density at radius 3 is 2.00 bits per heavy atom. The van der Waals surface area contributed by atoms with Gasteiger partial charge in [0, 0.05) is 11.1 Å². The minimum absolute atomic E-state index is 0.729. The Morgan fingerprint density at radius 1 is 0.571 bits per heavy atom. The average Bonchev–Trinajstić information content (AvgIpc) is 3.45. The van der Waals surface area contributed by atoms with Crippen LogP contribution in [0.1, 0.15) is 22.3 Å². The first-order valence-corrected chi connectivity index (χ1v) is 12.0. The van der Waals surface area contributed by atoms with Crippen LogP contribution in [0.3, 0.4) is 0 Å². The highest BCUT2D eigenvalue weighted by molar-refractivity contribution is 6.17. The maximum absolute atomic E-state index is 12.2. The zero-order chi connectivity index (χ0) is 23.4. The molecule has 0 atom stereocenters. The molecule has 6 aromatic rings. The fourth-order valence-electron chi connectivity index (χ4n) is 5.62. The molecule has 1 aliphatic carbocycles. The highest BCUT2D eigenvalue weighted by Gasteiger charge is 2.17. The lowest BCUT2D eigenvalue weighted by atomic mass is 9.87. The van der Waals surface area contributed by atoms with Crippen molar-refractivity contribution < 1.29 is 4.79 Å². The van der Waals surface area contributed by atoms with Gasteiger partial charge in [0.1, 0.15) is 0 Å². The molecule has 0 fully saturated rings. The van der Waals surface area contributed by atoms with Crippen molar-refractivity contribution in [2.24, 2.45) is 0 Å². The van der Waals surface area contributed by atoms with Crippen molar-refractivity contribution in [1.29, 1.82) is 0 Å². The van der Waals surface area contributed by atoms with Crippen molar-refractivity contribution in [3.8, 4) is 11.1 Å². The summed E-state index contributed by atoms with van der Waals surface area (Å²) in [5, 5.41) is 9.81. The highest BCUT2D eigenvalue weighted by atomic mass is 16.1. The summed E-state index contributed by atoms with van der Waals surface area (Å²) in [6, 6.07) is 34.6. The maximum atomic E-state index is 12.2. The summed E-state index contributed by atoms with van der Waals surface area (Å²) >= 11 is 0. The molecule has 0 bridgehead atoms. The molecule has 1 heteroatoms. The van der Waals surface area contributed by atoms with Crippen molar-refractivity contribution in [2.75, 3.05) is 0 Å². The zero-order valence-corrected chi connectivity index (χ0v) is 19.2. The Labute approximate surface area is 203 Å². The first-order valence-electron chi connectivity index (χ1n) is 12.0. The van der Waals surface area contributed by atoms with Gasteiger partial charge in [-0.2, -0.15) is 0 Å². The van der Waals surface area contributed by atoms with Crippen LogP contribution in [0.4, 0.5) is 0 Å². The summed E-state index contributed by atoms with van der Waals surface area (Å²) in [6.07, 6.45) is 8.30. The quantitative estimate of drug-likeness (QED) is 0.150. The Kier molecular flexibility index (Phi) is 4.43. The summed E-state index contributed by atoms with van der Waals surface area (Å²) in [7, 11) is 0. The fraction of sp³-hybridized carbons (Fsp3) is 0.0294. The molecule has 0 aromatic heterocycles. The molecule has 164 valence electrons. The molecule has 0 heterocycles. The van der Waals surface area contributed by atoms with Crippen LogP contribution in [-0.2, 0) is 0 Å². The van der Waals surface area contributed by atoms with Crippen LogP contribution < -0.4 is 0 Å². The third-order valence-electron chi connectivity index (χ3n) is 7.31. The molecule has 0 saturated heterocycles. The molecular weight excluding hydrogens is 424 g/mol. The molecular formula is C34H22O. The van der Waals surface area contributed by atoms with Crippen LogP contribution in [0.15, 0.2) is 115 Å². The van der Waals surface area contributed by atoms with Crippen LogP contribution in [0.25, 0.3) is 59.8 Å². The summed E-state index contributed by atoms with van der Waals surface area (Å²) < 4.78 is 0. The number of aldehydes is 1. The van der Waals surface area contributed by atoms with E-state index in [2.05, 4.69) is 103 Å². The molecule has 6 aromatic carbocycles. The number of allylic oxidation sites excluding steroid dienone is 4. The lowest BCUT2D eigenvalue weighted by Gasteiger charge is -2.16. The van der Waals surface area contributed by atoms with Crippen LogP contribution in [-0.4, -0.2) is 6.29 Å². The fourth-order valence-corrected chi connectivity index (χ4v) is 5.62. The van der Waals surface area contributed by atoms with Crippen molar-refractivity contribution in [2.45, 2.75) is 6.42 Å². The van der Waals surface area contributed by atoms with Gasteiger partial charge in [-0.15, -0.1) is 0 Å². The van der Waals surface area contributed by atoms with E-state index in [4.69, 9.17) is 0 Å². The number of hydrogen-bond acceptors (Lipinski definition) is 1. The third kappa shape index (κ3) is 3.13. The topological polar surface area (TPSA) is 17.1 Å². The molecule has 7 rings (SSSR count). The van der Waals surface area contributed by atoms with Crippen LogP contribution >= 0.6 is 0 Å². The minimum Gasteiger partial charge on any atom is -0.298 e. The summed E-state index contributed by atoms with van der Waals surface area (Å²) in [5.41, 5.74) is 5.24. The second kappa shape index (κ2) is 7.78. The van der Waals surface area contributed by atoms with E-state index < -0.39 is 0 Å². The van der Waals surface area contributed by atoms with Crippen LogP contribution in [0.5, 0.6) is 0 Å². The second-order valence-electron chi connectivity index (χ2n) is 9.30.